The van der Waals surface area contributed by atoms with Gasteiger partial charge in [0.1, 0.15) is 5.69 Å². The smallest absolute Gasteiger partial charge is 0.272 e. The molecule has 1 aliphatic carbocycles. The lowest BCUT2D eigenvalue weighted by Gasteiger charge is -2.62. The van der Waals surface area contributed by atoms with E-state index in [4.69, 9.17) is 9.47 Å². The Morgan fingerprint density at radius 3 is 2.59 bits per heavy atom. The largest absolute Gasteiger partial charge is 0.381 e. The van der Waals surface area contributed by atoms with Crippen LogP contribution in [0.25, 0.3) is 0 Å². The monoisotopic (exact) mass is 402 g/mol. The first-order chi connectivity index (χ1) is 14.1. The fourth-order valence-electron chi connectivity index (χ4n) is 5.22. The van der Waals surface area contributed by atoms with Crippen LogP contribution in [0.1, 0.15) is 49.0 Å². The molecule has 1 unspecified atom stereocenters. The molecule has 29 heavy (non-hydrogen) atoms. The third kappa shape index (κ3) is 3.26. The summed E-state index contributed by atoms with van der Waals surface area (Å²) in [5.41, 5.74) is 0.404. The molecule has 0 aromatic carbocycles. The van der Waals surface area contributed by atoms with Gasteiger partial charge in [-0.05, 0) is 50.5 Å². The summed E-state index contributed by atoms with van der Waals surface area (Å²) >= 11 is 0. The highest BCUT2D eigenvalue weighted by molar-refractivity contribution is 5.93. The van der Waals surface area contributed by atoms with Crippen LogP contribution in [0.5, 0.6) is 0 Å². The summed E-state index contributed by atoms with van der Waals surface area (Å²) in [5, 5.41) is 4.10. The molecule has 1 atom stereocenters. The van der Waals surface area contributed by atoms with Gasteiger partial charge in [0, 0.05) is 45.6 Å². The molecule has 3 saturated heterocycles. The van der Waals surface area contributed by atoms with E-state index < -0.39 is 0 Å². The molecular formula is C21H30N4O4. The average Bonchev–Trinajstić information content (AvgIpc) is 3.47. The van der Waals surface area contributed by atoms with Gasteiger partial charge in [-0.25, -0.2) is 0 Å². The summed E-state index contributed by atoms with van der Waals surface area (Å²) in [6.07, 6.45) is 7.12. The highest BCUT2D eigenvalue weighted by Gasteiger charge is 2.63. The highest BCUT2D eigenvalue weighted by atomic mass is 16.5. The van der Waals surface area contributed by atoms with E-state index >= 15 is 0 Å². The number of piperidine rings is 1. The molecular weight excluding hydrogens is 372 g/mol. The number of rotatable bonds is 5. The maximum atomic E-state index is 13.1. The summed E-state index contributed by atoms with van der Waals surface area (Å²) in [6, 6.07) is 1.93. The van der Waals surface area contributed by atoms with E-state index in [9.17, 15) is 9.59 Å². The van der Waals surface area contributed by atoms with Crippen LogP contribution >= 0.6 is 0 Å². The van der Waals surface area contributed by atoms with Crippen molar-refractivity contribution in [1.82, 2.24) is 19.6 Å². The van der Waals surface area contributed by atoms with Gasteiger partial charge in [0.05, 0.1) is 12.1 Å². The Morgan fingerprint density at radius 1 is 1.24 bits per heavy atom. The van der Waals surface area contributed by atoms with Crippen LogP contribution in [0.2, 0.25) is 0 Å². The summed E-state index contributed by atoms with van der Waals surface area (Å²) in [5.74, 6) is 0.809. The maximum Gasteiger partial charge on any atom is 0.272 e. The van der Waals surface area contributed by atoms with Crippen molar-refractivity contribution < 1.29 is 19.1 Å². The molecule has 1 saturated carbocycles. The average molecular weight is 402 g/mol. The molecule has 158 valence electrons. The lowest BCUT2D eigenvalue weighted by molar-refractivity contribution is -0.219. The second-order valence-corrected chi connectivity index (χ2v) is 8.94. The maximum absolute atomic E-state index is 13.1. The number of carbonyl (C=O) groups excluding carboxylic acids is 2. The van der Waals surface area contributed by atoms with Gasteiger partial charge in [0.2, 0.25) is 0 Å². The molecule has 0 radical (unpaired) electrons. The lowest BCUT2D eigenvalue weighted by Crippen LogP contribution is -2.79. The van der Waals surface area contributed by atoms with Gasteiger partial charge in [0.15, 0.2) is 6.10 Å². The molecule has 0 bridgehead atoms. The SMILES string of the molecule is Cn1nccc1C(=O)N1CCC(N2C(=O)C(OCC3CC3)C23CCOCC3)CC1. The van der Waals surface area contributed by atoms with Crippen molar-refractivity contribution in [2.75, 3.05) is 32.9 Å². The molecule has 8 nitrogen and oxygen atoms in total. The first kappa shape index (κ1) is 19.1. The summed E-state index contributed by atoms with van der Waals surface area (Å²) in [4.78, 5) is 29.8. The van der Waals surface area contributed by atoms with Crippen molar-refractivity contribution in [2.24, 2.45) is 13.0 Å². The van der Waals surface area contributed by atoms with Crippen LogP contribution in [0.3, 0.4) is 0 Å². The minimum absolute atomic E-state index is 0.0183. The molecule has 4 heterocycles. The minimum atomic E-state index is -0.305. The van der Waals surface area contributed by atoms with Crippen molar-refractivity contribution in [3.05, 3.63) is 18.0 Å². The van der Waals surface area contributed by atoms with E-state index in [0.29, 0.717) is 44.5 Å². The molecule has 1 spiro atoms. The number of aryl methyl sites for hydroxylation is 1. The molecule has 1 aromatic rings. The van der Waals surface area contributed by atoms with Crippen LogP contribution in [0, 0.1) is 5.92 Å². The van der Waals surface area contributed by atoms with Crippen LogP contribution in [0.4, 0.5) is 0 Å². The van der Waals surface area contributed by atoms with Crippen molar-refractivity contribution in [1.29, 1.82) is 0 Å². The number of β-lactam (4-membered cyclic amide) rings is 1. The fraction of sp³-hybridized carbons (Fsp3) is 0.762. The third-order valence-electron chi connectivity index (χ3n) is 7.14. The predicted octanol–water partition coefficient (Wildman–Crippen LogP) is 1.21. The van der Waals surface area contributed by atoms with E-state index in [1.807, 2.05) is 4.90 Å². The Labute approximate surface area is 171 Å². The molecule has 2 amide bonds. The number of likely N-dealkylation sites (tertiary alicyclic amines) is 2. The summed E-state index contributed by atoms with van der Waals surface area (Å²) < 4.78 is 13.4. The van der Waals surface area contributed by atoms with E-state index in [0.717, 1.165) is 25.7 Å². The van der Waals surface area contributed by atoms with Crippen LogP contribution in [-0.4, -0.2) is 82.0 Å². The number of hydrogen-bond acceptors (Lipinski definition) is 5. The van der Waals surface area contributed by atoms with Crippen molar-refractivity contribution in [2.45, 2.75) is 56.2 Å². The van der Waals surface area contributed by atoms with Crippen molar-refractivity contribution in [3.63, 3.8) is 0 Å². The van der Waals surface area contributed by atoms with Gasteiger partial charge in [-0.15, -0.1) is 0 Å². The van der Waals surface area contributed by atoms with E-state index in [-0.39, 0.29) is 29.5 Å². The van der Waals surface area contributed by atoms with Gasteiger partial charge in [-0.3, -0.25) is 14.3 Å². The Morgan fingerprint density at radius 2 is 1.97 bits per heavy atom. The minimum Gasteiger partial charge on any atom is -0.381 e. The number of aromatic nitrogens is 2. The lowest BCUT2D eigenvalue weighted by atomic mass is 9.72. The fourth-order valence-corrected chi connectivity index (χ4v) is 5.22. The Hall–Kier alpha value is -1.93. The Kier molecular flexibility index (Phi) is 4.86. The predicted molar refractivity (Wildman–Crippen MR) is 104 cm³/mol. The van der Waals surface area contributed by atoms with Crippen molar-refractivity contribution in [3.8, 4) is 0 Å². The Bertz CT molecular complexity index is 775. The van der Waals surface area contributed by atoms with Crippen LogP contribution in [-0.2, 0) is 21.3 Å². The number of hydrogen-bond donors (Lipinski definition) is 0. The standard InChI is InChI=1S/C21H30N4O4/c1-23-17(4-9-22-23)19(26)24-10-5-16(6-11-24)25-20(27)18(29-14-15-2-3-15)21(25)7-12-28-13-8-21/h4,9,15-16,18H,2-3,5-8,10-14H2,1H3. The summed E-state index contributed by atoms with van der Waals surface area (Å²) in [7, 11) is 1.79. The molecule has 3 aliphatic heterocycles. The van der Waals surface area contributed by atoms with Gasteiger partial charge in [-0.2, -0.15) is 5.10 Å². The second-order valence-electron chi connectivity index (χ2n) is 8.94. The van der Waals surface area contributed by atoms with Crippen molar-refractivity contribution >= 4 is 11.8 Å². The highest BCUT2D eigenvalue weighted by Crippen LogP contribution is 2.46. The number of ether oxygens (including phenoxy) is 2. The molecule has 5 rings (SSSR count). The quantitative estimate of drug-likeness (QED) is 0.692. The zero-order chi connectivity index (χ0) is 20.0. The van der Waals surface area contributed by atoms with E-state index in [2.05, 4.69) is 10.00 Å². The van der Waals surface area contributed by atoms with Gasteiger partial charge in [0.25, 0.3) is 11.8 Å². The number of nitrogens with zero attached hydrogens (tertiary/aromatic N) is 4. The van der Waals surface area contributed by atoms with Gasteiger partial charge in [-0.1, -0.05) is 0 Å². The van der Waals surface area contributed by atoms with Gasteiger partial charge >= 0.3 is 0 Å². The second kappa shape index (κ2) is 7.40. The zero-order valence-electron chi connectivity index (χ0n) is 17.1. The molecule has 1 aromatic heterocycles. The first-order valence-electron chi connectivity index (χ1n) is 10.9. The van der Waals surface area contributed by atoms with E-state index in [1.165, 1.54) is 12.8 Å². The molecule has 4 aliphatic rings. The zero-order valence-corrected chi connectivity index (χ0v) is 17.1. The van der Waals surface area contributed by atoms with E-state index in [1.54, 1.807) is 24.0 Å². The molecule has 8 heteroatoms. The first-order valence-corrected chi connectivity index (χ1v) is 10.9. The topological polar surface area (TPSA) is 76.9 Å². The van der Waals surface area contributed by atoms with Crippen LogP contribution in [0.15, 0.2) is 12.3 Å². The number of amides is 2. The number of carbonyl (C=O) groups is 2. The summed E-state index contributed by atoms with van der Waals surface area (Å²) in [6.45, 7) is 3.41. The molecule has 4 fully saturated rings. The van der Waals surface area contributed by atoms with Crippen LogP contribution < -0.4 is 0 Å². The third-order valence-corrected chi connectivity index (χ3v) is 7.14. The van der Waals surface area contributed by atoms with Gasteiger partial charge < -0.3 is 19.3 Å². The Balaban J connectivity index is 1.25. The normalized spacial score (nSPS) is 27.3. The molecule has 0 N–H and O–H groups in total.